The zero-order chi connectivity index (χ0) is 20.2. The van der Waals surface area contributed by atoms with Gasteiger partial charge in [0.2, 0.25) is 10.0 Å². The minimum atomic E-state index is -3.80. The number of hydrogen-bond acceptors (Lipinski definition) is 5. The molecule has 0 saturated carbocycles. The molecule has 0 spiro atoms. The monoisotopic (exact) mass is 414 g/mol. The Bertz CT molecular complexity index is 981. The van der Waals surface area contributed by atoms with Gasteiger partial charge in [-0.2, -0.15) is 0 Å². The number of carbonyl (C=O) groups excluding carboxylic acids is 2. The smallest absolute Gasteiger partial charge is 0.340 e. The van der Waals surface area contributed by atoms with Gasteiger partial charge in [0.15, 0.2) is 6.10 Å². The summed E-state index contributed by atoms with van der Waals surface area (Å²) in [5.41, 5.74) is -0.288. The summed E-state index contributed by atoms with van der Waals surface area (Å²) in [5, 5.41) is 2.25. The van der Waals surface area contributed by atoms with Crippen molar-refractivity contribution in [3.8, 4) is 0 Å². The molecule has 0 aliphatic rings. The fourth-order valence-electron chi connectivity index (χ4n) is 2.02. The van der Waals surface area contributed by atoms with Crippen molar-refractivity contribution in [3.63, 3.8) is 0 Å². The Morgan fingerprint density at radius 1 is 1.19 bits per heavy atom. The van der Waals surface area contributed by atoms with E-state index >= 15 is 0 Å². The molecule has 0 aromatic heterocycles. The second kappa shape index (κ2) is 8.47. The lowest BCUT2D eigenvalue weighted by molar-refractivity contribution is -0.123. The van der Waals surface area contributed by atoms with Crippen LogP contribution in [0.4, 0.5) is 10.1 Å². The highest BCUT2D eigenvalue weighted by molar-refractivity contribution is 7.89. The molecule has 2 aromatic carbocycles. The second-order valence-corrected chi connectivity index (χ2v) is 7.66. The average Bonchev–Trinajstić information content (AvgIpc) is 2.63. The van der Waals surface area contributed by atoms with Gasteiger partial charge in [0.25, 0.3) is 5.91 Å². The SMILES string of the molecule is CNS(=O)(=O)c1ccc(Cl)c(C(=O)O[C@@H](C)C(=O)Nc2ccccc2F)c1. The predicted octanol–water partition coefficient (Wildman–Crippen LogP) is 2.57. The molecule has 0 aliphatic heterocycles. The number of sulfonamides is 1. The molecule has 0 unspecified atom stereocenters. The molecule has 0 aliphatic carbocycles. The lowest BCUT2D eigenvalue weighted by Crippen LogP contribution is -2.30. The van der Waals surface area contributed by atoms with E-state index in [9.17, 15) is 22.4 Å². The van der Waals surface area contributed by atoms with Gasteiger partial charge >= 0.3 is 5.97 Å². The number of carbonyl (C=O) groups is 2. The van der Waals surface area contributed by atoms with Crippen LogP contribution in [-0.4, -0.2) is 33.4 Å². The number of esters is 1. The first-order chi connectivity index (χ1) is 12.7. The zero-order valence-corrected chi connectivity index (χ0v) is 15.9. The van der Waals surface area contributed by atoms with Crippen molar-refractivity contribution in [2.75, 3.05) is 12.4 Å². The quantitative estimate of drug-likeness (QED) is 0.707. The molecule has 0 fully saturated rings. The molecule has 2 aromatic rings. The normalized spacial score (nSPS) is 12.3. The van der Waals surface area contributed by atoms with Gasteiger partial charge in [-0.1, -0.05) is 23.7 Å². The molecule has 0 bridgehead atoms. The van der Waals surface area contributed by atoms with Gasteiger partial charge in [0.05, 0.1) is 21.2 Å². The van der Waals surface area contributed by atoms with Crippen molar-refractivity contribution in [1.82, 2.24) is 4.72 Å². The molecule has 0 saturated heterocycles. The van der Waals surface area contributed by atoms with E-state index in [4.69, 9.17) is 16.3 Å². The van der Waals surface area contributed by atoms with E-state index in [1.807, 2.05) is 0 Å². The van der Waals surface area contributed by atoms with Crippen LogP contribution in [0.2, 0.25) is 5.02 Å². The standard InChI is InChI=1S/C17H16ClFN2O5S/c1-10(16(22)21-15-6-4-3-5-14(15)19)26-17(23)12-9-11(7-8-13(12)18)27(24,25)20-2/h3-10,20H,1-2H3,(H,21,22)/t10-/m0/s1. The van der Waals surface area contributed by atoms with Crippen molar-refractivity contribution in [2.24, 2.45) is 0 Å². The van der Waals surface area contributed by atoms with Crippen molar-refractivity contribution in [1.29, 1.82) is 0 Å². The average molecular weight is 415 g/mol. The van der Waals surface area contributed by atoms with Gasteiger partial charge in [-0.25, -0.2) is 22.3 Å². The first kappa shape index (κ1) is 20.8. The number of amides is 1. The summed E-state index contributed by atoms with van der Waals surface area (Å²) in [7, 11) is -2.58. The maximum Gasteiger partial charge on any atom is 0.340 e. The van der Waals surface area contributed by atoms with Gasteiger partial charge in [-0.3, -0.25) is 4.79 Å². The number of hydrogen-bond donors (Lipinski definition) is 2. The summed E-state index contributed by atoms with van der Waals surface area (Å²) in [5.74, 6) is -2.40. The van der Waals surface area contributed by atoms with E-state index in [0.29, 0.717) is 0 Å². The minimum Gasteiger partial charge on any atom is -0.449 e. The van der Waals surface area contributed by atoms with Crippen LogP contribution in [-0.2, 0) is 19.6 Å². The number of rotatable bonds is 6. The molecule has 2 N–H and O–H groups in total. The maximum atomic E-state index is 13.6. The van der Waals surface area contributed by atoms with Crippen LogP contribution < -0.4 is 10.0 Å². The molecule has 1 amide bonds. The van der Waals surface area contributed by atoms with Gasteiger partial charge in [0.1, 0.15) is 5.82 Å². The van der Waals surface area contributed by atoms with Crippen molar-refractivity contribution >= 4 is 39.2 Å². The largest absolute Gasteiger partial charge is 0.449 e. The molecule has 10 heteroatoms. The van der Waals surface area contributed by atoms with Crippen LogP contribution in [0.25, 0.3) is 0 Å². The summed E-state index contributed by atoms with van der Waals surface area (Å²) in [6, 6.07) is 9.00. The number of anilines is 1. The summed E-state index contributed by atoms with van der Waals surface area (Å²) in [6.45, 7) is 1.29. The van der Waals surface area contributed by atoms with Crippen LogP contribution in [0.3, 0.4) is 0 Å². The number of benzene rings is 2. The Labute approximate surface area is 160 Å². The molecule has 0 radical (unpaired) electrons. The van der Waals surface area contributed by atoms with E-state index in [0.717, 1.165) is 6.07 Å². The van der Waals surface area contributed by atoms with E-state index in [1.54, 1.807) is 0 Å². The fourth-order valence-corrected chi connectivity index (χ4v) is 2.97. The third-order valence-electron chi connectivity index (χ3n) is 3.52. The summed E-state index contributed by atoms with van der Waals surface area (Å²) >= 11 is 5.93. The summed E-state index contributed by atoms with van der Waals surface area (Å²) < 4.78 is 44.4. The fraction of sp³-hybridized carbons (Fsp3) is 0.176. The van der Waals surface area contributed by atoms with Gasteiger partial charge < -0.3 is 10.1 Å². The van der Waals surface area contributed by atoms with Gasteiger partial charge in [-0.05, 0) is 44.3 Å². The Morgan fingerprint density at radius 2 is 1.85 bits per heavy atom. The van der Waals surface area contributed by atoms with E-state index < -0.39 is 33.8 Å². The van der Waals surface area contributed by atoms with E-state index in [-0.39, 0.29) is 21.2 Å². The molecular weight excluding hydrogens is 399 g/mol. The highest BCUT2D eigenvalue weighted by atomic mass is 35.5. The van der Waals surface area contributed by atoms with Crippen LogP contribution in [0.5, 0.6) is 0 Å². The summed E-state index contributed by atoms with van der Waals surface area (Å²) in [4.78, 5) is 24.2. The lowest BCUT2D eigenvalue weighted by atomic mass is 10.2. The molecular formula is C17H16ClFN2O5S. The Morgan fingerprint density at radius 3 is 2.48 bits per heavy atom. The Hall–Kier alpha value is -2.49. The Kier molecular flexibility index (Phi) is 6.53. The third-order valence-corrected chi connectivity index (χ3v) is 5.26. The van der Waals surface area contributed by atoms with E-state index in [1.165, 1.54) is 50.4 Å². The third kappa shape index (κ3) is 5.03. The number of nitrogens with one attached hydrogen (secondary N) is 2. The molecule has 7 nitrogen and oxygen atoms in total. The lowest BCUT2D eigenvalue weighted by Gasteiger charge is -2.15. The topological polar surface area (TPSA) is 102 Å². The van der Waals surface area contributed by atoms with Crippen LogP contribution in [0, 0.1) is 5.82 Å². The van der Waals surface area contributed by atoms with Crippen molar-refractivity contribution in [3.05, 3.63) is 58.9 Å². The predicted molar refractivity (Wildman–Crippen MR) is 97.6 cm³/mol. The van der Waals surface area contributed by atoms with E-state index in [2.05, 4.69) is 10.0 Å². The molecule has 27 heavy (non-hydrogen) atoms. The van der Waals surface area contributed by atoms with Gasteiger partial charge in [-0.15, -0.1) is 0 Å². The van der Waals surface area contributed by atoms with Crippen LogP contribution in [0.1, 0.15) is 17.3 Å². The first-order valence-electron chi connectivity index (χ1n) is 7.65. The second-order valence-electron chi connectivity index (χ2n) is 5.37. The van der Waals surface area contributed by atoms with Crippen LogP contribution in [0.15, 0.2) is 47.4 Å². The Balaban J connectivity index is 2.15. The molecule has 2 rings (SSSR count). The highest BCUT2D eigenvalue weighted by Crippen LogP contribution is 2.22. The highest BCUT2D eigenvalue weighted by Gasteiger charge is 2.23. The minimum absolute atomic E-state index is 0.0447. The summed E-state index contributed by atoms with van der Waals surface area (Å²) in [6.07, 6.45) is -1.28. The number of halogens is 2. The first-order valence-corrected chi connectivity index (χ1v) is 9.51. The van der Waals surface area contributed by atoms with Crippen molar-refractivity contribution < 1.29 is 27.1 Å². The number of ether oxygens (including phenoxy) is 1. The molecule has 1 atom stereocenters. The van der Waals surface area contributed by atoms with Crippen LogP contribution >= 0.6 is 11.6 Å². The molecule has 0 heterocycles. The van der Waals surface area contributed by atoms with Gasteiger partial charge in [0, 0.05) is 0 Å². The number of para-hydroxylation sites is 1. The zero-order valence-electron chi connectivity index (χ0n) is 14.3. The molecule has 144 valence electrons. The van der Waals surface area contributed by atoms with Crippen molar-refractivity contribution in [2.45, 2.75) is 17.9 Å². The maximum absolute atomic E-state index is 13.6.